The van der Waals surface area contributed by atoms with Crippen molar-refractivity contribution in [3.8, 4) is 0 Å². The van der Waals surface area contributed by atoms with E-state index in [2.05, 4.69) is 20.5 Å². The summed E-state index contributed by atoms with van der Waals surface area (Å²) in [4.78, 5) is 7.07. The van der Waals surface area contributed by atoms with Gasteiger partial charge in [0.25, 0.3) is 0 Å². The van der Waals surface area contributed by atoms with Crippen LogP contribution in [-0.4, -0.2) is 92.4 Å². The number of hydrogen-bond donors (Lipinski definition) is 3. The monoisotopic (exact) mass is 531 g/mol. The number of guanidine groups is 1. The number of nitrogens with zero attached hydrogens (tertiary/aromatic N) is 3. The second-order valence-electron chi connectivity index (χ2n) is 7.41. The van der Waals surface area contributed by atoms with Gasteiger partial charge in [-0.15, -0.1) is 24.0 Å². The first kappa shape index (κ1) is 25.9. The van der Waals surface area contributed by atoms with Crippen molar-refractivity contribution in [3.05, 3.63) is 0 Å². The van der Waals surface area contributed by atoms with E-state index < -0.39 is 10.0 Å². The van der Waals surface area contributed by atoms with Crippen molar-refractivity contribution in [3.63, 3.8) is 0 Å². The molecule has 0 saturated carbocycles. The fraction of sp³-hybridized carbons (Fsp3) is 0.944. The molecule has 0 aromatic rings. The molecule has 10 heteroatoms. The molecule has 0 radical (unpaired) electrons. The Morgan fingerprint density at radius 2 is 1.75 bits per heavy atom. The number of aliphatic imine (C=N–C) groups is 1. The molecule has 8 nitrogen and oxygen atoms in total. The summed E-state index contributed by atoms with van der Waals surface area (Å²) in [7, 11) is -3.08. The average Bonchev–Trinajstić information content (AvgIpc) is 2.67. The third-order valence-corrected chi connectivity index (χ3v) is 7.24. The second-order valence-corrected chi connectivity index (χ2v) is 9.66. The largest absolute Gasteiger partial charge is 0.393 e. The van der Waals surface area contributed by atoms with Gasteiger partial charge in [0.2, 0.25) is 10.0 Å². The molecule has 0 atom stereocenters. The highest BCUT2D eigenvalue weighted by atomic mass is 127. The molecule has 2 rings (SSSR count). The summed E-state index contributed by atoms with van der Waals surface area (Å²) in [6, 6.07) is 0.259. The van der Waals surface area contributed by atoms with Gasteiger partial charge >= 0.3 is 0 Å². The molecule has 28 heavy (non-hydrogen) atoms. The van der Waals surface area contributed by atoms with E-state index in [1.54, 1.807) is 11.2 Å². The Labute approximate surface area is 187 Å². The molecular weight excluding hydrogens is 493 g/mol. The van der Waals surface area contributed by atoms with Gasteiger partial charge in [0, 0.05) is 45.3 Å². The molecule has 2 fully saturated rings. The minimum atomic E-state index is -3.08. The Morgan fingerprint density at radius 3 is 2.32 bits per heavy atom. The van der Waals surface area contributed by atoms with Gasteiger partial charge in [-0.05, 0) is 52.5 Å². The fourth-order valence-electron chi connectivity index (χ4n) is 3.60. The van der Waals surface area contributed by atoms with E-state index in [1.165, 1.54) is 0 Å². The van der Waals surface area contributed by atoms with Crippen LogP contribution in [0.4, 0.5) is 0 Å². The lowest BCUT2D eigenvalue weighted by Crippen LogP contribution is -2.50. The van der Waals surface area contributed by atoms with Gasteiger partial charge in [0.1, 0.15) is 0 Å². The van der Waals surface area contributed by atoms with E-state index in [4.69, 9.17) is 0 Å². The van der Waals surface area contributed by atoms with Gasteiger partial charge < -0.3 is 20.6 Å². The first-order valence-electron chi connectivity index (χ1n) is 10.4. The van der Waals surface area contributed by atoms with E-state index in [9.17, 15) is 13.5 Å². The maximum absolute atomic E-state index is 12.0. The highest BCUT2D eigenvalue weighted by molar-refractivity contribution is 14.0. The summed E-state index contributed by atoms with van der Waals surface area (Å²) in [5.41, 5.74) is 0. The van der Waals surface area contributed by atoms with Crippen molar-refractivity contribution in [1.29, 1.82) is 0 Å². The molecule has 2 aliphatic rings. The van der Waals surface area contributed by atoms with Crippen LogP contribution < -0.4 is 10.6 Å². The number of halogens is 1. The zero-order valence-electron chi connectivity index (χ0n) is 17.3. The first-order chi connectivity index (χ1) is 12.9. The second kappa shape index (κ2) is 13.2. The predicted octanol–water partition coefficient (Wildman–Crippen LogP) is 0.820. The standard InChI is InChI=1S/C18H37N5O3S.HI/c1-3-19-18(20-10-5-11-22-12-8-17(24)9-13-22)21-16-6-14-23(15-7-16)27(25,26)4-2;/h16-17,24H,3-15H2,1-2H3,(H2,19,20,21);1H. The summed E-state index contributed by atoms with van der Waals surface area (Å²) >= 11 is 0. The lowest BCUT2D eigenvalue weighted by molar-refractivity contribution is 0.0824. The molecule has 2 heterocycles. The van der Waals surface area contributed by atoms with Crippen LogP contribution in [0, 0.1) is 0 Å². The Bertz CT molecular complexity index is 560. The van der Waals surface area contributed by atoms with Crippen molar-refractivity contribution in [2.75, 3.05) is 51.6 Å². The summed E-state index contributed by atoms with van der Waals surface area (Å²) < 4.78 is 25.5. The number of rotatable bonds is 8. The summed E-state index contributed by atoms with van der Waals surface area (Å²) in [5, 5.41) is 16.3. The number of aliphatic hydroxyl groups excluding tert-OH is 1. The van der Waals surface area contributed by atoms with E-state index in [-0.39, 0.29) is 41.9 Å². The van der Waals surface area contributed by atoms with Crippen LogP contribution in [0.15, 0.2) is 4.99 Å². The van der Waals surface area contributed by atoms with Crippen LogP contribution in [0.1, 0.15) is 46.0 Å². The molecule has 0 bridgehead atoms. The number of sulfonamides is 1. The number of aliphatic hydroxyl groups is 1. The molecular formula is C18H38IN5O3S. The lowest BCUT2D eigenvalue weighted by atomic mass is 10.1. The lowest BCUT2D eigenvalue weighted by Gasteiger charge is -2.32. The van der Waals surface area contributed by atoms with Crippen LogP contribution in [0.2, 0.25) is 0 Å². The average molecular weight is 532 g/mol. The van der Waals surface area contributed by atoms with Gasteiger partial charge in [0.15, 0.2) is 5.96 Å². The van der Waals surface area contributed by atoms with Crippen LogP contribution >= 0.6 is 24.0 Å². The van der Waals surface area contributed by atoms with E-state index >= 15 is 0 Å². The number of hydrogen-bond acceptors (Lipinski definition) is 5. The van der Waals surface area contributed by atoms with E-state index in [0.29, 0.717) is 13.1 Å². The Balaban J connectivity index is 0.00000392. The number of nitrogens with one attached hydrogen (secondary N) is 2. The summed E-state index contributed by atoms with van der Waals surface area (Å²) in [5.74, 6) is 0.994. The number of likely N-dealkylation sites (tertiary alicyclic amines) is 1. The highest BCUT2D eigenvalue weighted by Crippen LogP contribution is 2.14. The molecule has 0 aliphatic carbocycles. The molecule has 0 amide bonds. The maximum Gasteiger partial charge on any atom is 0.213 e. The first-order valence-corrected chi connectivity index (χ1v) is 12.0. The van der Waals surface area contributed by atoms with Gasteiger partial charge in [-0.3, -0.25) is 4.99 Å². The molecule has 0 aromatic carbocycles. The van der Waals surface area contributed by atoms with Crippen molar-refractivity contribution >= 4 is 40.0 Å². The minimum absolute atomic E-state index is 0. The molecule has 2 aliphatic heterocycles. The minimum Gasteiger partial charge on any atom is -0.393 e. The predicted molar refractivity (Wildman–Crippen MR) is 125 cm³/mol. The van der Waals surface area contributed by atoms with Gasteiger partial charge in [-0.25, -0.2) is 12.7 Å². The van der Waals surface area contributed by atoms with Crippen LogP contribution in [0.3, 0.4) is 0 Å². The van der Waals surface area contributed by atoms with E-state index in [1.807, 2.05) is 6.92 Å². The summed E-state index contributed by atoms with van der Waals surface area (Å²) in [6.07, 6.45) is 4.24. The quantitative estimate of drug-likeness (QED) is 0.186. The smallest absolute Gasteiger partial charge is 0.213 e. The van der Waals surface area contributed by atoms with Crippen LogP contribution in [0.5, 0.6) is 0 Å². The SMILES string of the molecule is CCNC(=NCCCN1CCC(O)CC1)NC1CCN(S(=O)(=O)CC)CC1.I. The zero-order chi connectivity index (χ0) is 19.7. The molecule has 166 valence electrons. The van der Waals surface area contributed by atoms with Crippen molar-refractivity contribution in [2.45, 2.75) is 58.1 Å². The van der Waals surface area contributed by atoms with Crippen LogP contribution in [0.25, 0.3) is 0 Å². The van der Waals surface area contributed by atoms with Gasteiger partial charge in [0.05, 0.1) is 11.9 Å². The van der Waals surface area contributed by atoms with Crippen molar-refractivity contribution < 1.29 is 13.5 Å². The molecule has 3 N–H and O–H groups in total. The topological polar surface area (TPSA) is 97.3 Å². The maximum atomic E-state index is 12.0. The van der Waals surface area contributed by atoms with Gasteiger partial charge in [-0.2, -0.15) is 0 Å². The molecule has 0 aromatic heterocycles. The molecule has 0 unspecified atom stereocenters. The molecule has 0 spiro atoms. The summed E-state index contributed by atoms with van der Waals surface area (Å²) in [6.45, 7) is 9.43. The van der Waals surface area contributed by atoms with Crippen molar-refractivity contribution in [2.24, 2.45) is 4.99 Å². The van der Waals surface area contributed by atoms with Crippen molar-refractivity contribution in [1.82, 2.24) is 19.8 Å². The van der Waals surface area contributed by atoms with E-state index in [0.717, 1.165) is 70.8 Å². The fourth-order valence-corrected chi connectivity index (χ4v) is 4.73. The Kier molecular flexibility index (Phi) is 12.2. The Morgan fingerprint density at radius 1 is 1.11 bits per heavy atom. The Hall–Kier alpha value is -0.170. The zero-order valence-corrected chi connectivity index (χ0v) is 20.4. The third-order valence-electron chi connectivity index (χ3n) is 5.36. The number of piperidine rings is 2. The molecule has 2 saturated heterocycles. The highest BCUT2D eigenvalue weighted by Gasteiger charge is 2.27. The van der Waals surface area contributed by atoms with Gasteiger partial charge in [-0.1, -0.05) is 0 Å². The van der Waals surface area contributed by atoms with Crippen LogP contribution in [-0.2, 0) is 10.0 Å². The third kappa shape index (κ3) is 8.68. The normalized spacial score (nSPS) is 21.3.